The second-order valence-electron chi connectivity index (χ2n) is 8.55. The van der Waals surface area contributed by atoms with Crippen molar-refractivity contribution >= 4 is 35.0 Å². The van der Waals surface area contributed by atoms with Gasteiger partial charge in [0.15, 0.2) is 5.96 Å². The standard InChI is InChI=1S/C28H35N4OP.CH3/c1-32(28(29)30)23-27(33)31-21-13-2-3-14-22-34(24-15-7-4-8-16-24,25-17-9-5-10-18-25)26-19-11-6-12-20-26;/h4-12,15-20H,2-3,13-14,21-23H2,1H3,(H3-,29,30,31,33);1H3/q;-1/p+1. The van der Waals surface area contributed by atoms with Crippen LogP contribution in [0, 0.1) is 12.8 Å². The molecule has 0 saturated carbocycles. The number of rotatable bonds is 12. The van der Waals surface area contributed by atoms with E-state index in [0.29, 0.717) is 6.54 Å². The molecular weight excluding hydrogens is 451 g/mol. The second-order valence-corrected chi connectivity index (χ2v) is 12.2. The summed E-state index contributed by atoms with van der Waals surface area (Å²) >= 11 is 0. The first-order valence-corrected chi connectivity index (χ1v) is 13.9. The van der Waals surface area contributed by atoms with Crippen LogP contribution < -0.4 is 27.0 Å². The molecule has 0 aliphatic rings. The predicted octanol–water partition coefficient (Wildman–Crippen LogP) is 3.93. The summed E-state index contributed by atoms with van der Waals surface area (Å²) in [6.45, 7) is 0.772. The fourth-order valence-electron chi connectivity index (χ4n) is 4.29. The van der Waals surface area contributed by atoms with Gasteiger partial charge in [-0.15, -0.1) is 0 Å². The molecule has 0 saturated heterocycles. The van der Waals surface area contributed by atoms with Gasteiger partial charge in [0.25, 0.3) is 0 Å². The van der Waals surface area contributed by atoms with E-state index in [1.807, 2.05) is 0 Å². The van der Waals surface area contributed by atoms with E-state index in [2.05, 4.69) is 96.3 Å². The number of nitrogens with zero attached hydrogens (tertiary/aromatic N) is 1. The summed E-state index contributed by atoms with van der Waals surface area (Å²) < 4.78 is 0. The number of benzene rings is 3. The third-order valence-corrected chi connectivity index (χ3v) is 10.7. The van der Waals surface area contributed by atoms with Crippen LogP contribution in [0.25, 0.3) is 0 Å². The molecule has 5 nitrogen and oxygen atoms in total. The smallest absolute Gasteiger partial charge is 0.239 e. The summed E-state index contributed by atoms with van der Waals surface area (Å²) in [5, 5.41) is 14.5. The maximum Gasteiger partial charge on any atom is 0.239 e. The van der Waals surface area contributed by atoms with Gasteiger partial charge in [0.2, 0.25) is 5.91 Å². The van der Waals surface area contributed by atoms with Crippen LogP contribution in [0.15, 0.2) is 91.0 Å². The lowest BCUT2D eigenvalue weighted by Crippen LogP contribution is -2.41. The minimum Gasteiger partial charge on any atom is -0.370 e. The van der Waals surface area contributed by atoms with E-state index in [4.69, 9.17) is 11.1 Å². The molecule has 0 bridgehead atoms. The molecule has 4 N–H and O–H groups in total. The van der Waals surface area contributed by atoms with Crippen LogP contribution in [-0.4, -0.2) is 43.1 Å². The number of nitrogens with one attached hydrogen (secondary N) is 2. The molecule has 0 aliphatic heterocycles. The van der Waals surface area contributed by atoms with E-state index < -0.39 is 7.26 Å². The number of likely N-dealkylation sites (N-methyl/N-ethyl adjacent to an activating group) is 1. The van der Waals surface area contributed by atoms with Gasteiger partial charge < -0.3 is 23.4 Å². The molecule has 3 aromatic rings. The van der Waals surface area contributed by atoms with Crippen LogP contribution >= 0.6 is 7.26 Å². The third kappa shape index (κ3) is 7.66. The number of amides is 1. The van der Waals surface area contributed by atoms with Crippen molar-refractivity contribution in [3.63, 3.8) is 0 Å². The summed E-state index contributed by atoms with van der Waals surface area (Å²) in [6, 6.07) is 33.0. The van der Waals surface area contributed by atoms with Gasteiger partial charge in [-0.3, -0.25) is 10.2 Å². The Bertz CT molecular complexity index is 932. The largest absolute Gasteiger partial charge is 0.370 e. The van der Waals surface area contributed by atoms with Crippen molar-refractivity contribution in [2.24, 2.45) is 5.73 Å². The van der Waals surface area contributed by atoms with E-state index in [0.717, 1.165) is 31.8 Å². The Morgan fingerprint density at radius 2 is 1.23 bits per heavy atom. The molecule has 0 atom stereocenters. The lowest BCUT2D eigenvalue weighted by molar-refractivity contribution is -0.121. The fraction of sp³-hybridized carbons (Fsp3) is 0.276. The summed E-state index contributed by atoms with van der Waals surface area (Å²) in [5.74, 6) is -0.197. The minimum absolute atomic E-state index is 0. The number of hydrogen-bond acceptors (Lipinski definition) is 2. The van der Waals surface area contributed by atoms with Crippen molar-refractivity contribution < 1.29 is 4.79 Å². The number of guanidine groups is 1. The fourth-order valence-corrected chi connectivity index (χ4v) is 8.70. The van der Waals surface area contributed by atoms with Gasteiger partial charge in [-0.05, 0) is 55.7 Å². The molecule has 0 heterocycles. The molecule has 186 valence electrons. The predicted molar refractivity (Wildman–Crippen MR) is 152 cm³/mol. The second kappa shape index (κ2) is 14.3. The Kier molecular flexibility index (Phi) is 11.5. The molecule has 3 rings (SSSR count). The van der Waals surface area contributed by atoms with Crippen LogP contribution in [0.5, 0.6) is 0 Å². The summed E-state index contributed by atoms with van der Waals surface area (Å²) in [4.78, 5) is 13.4. The number of carbonyl (C=O) groups excluding carboxylic acids is 1. The number of nitrogens with two attached hydrogens (primary N) is 1. The van der Waals surface area contributed by atoms with Gasteiger partial charge in [0, 0.05) is 13.6 Å². The molecule has 0 unspecified atom stereocenters. The zero-order chi connectivity index (χ0) is 24.2. The first-order valence-electron chi connectivity index (χ1n) is 11.9. The van der Waals surface area contributed by atoms with Crippen molar-refractivity contribution in [2.75, 3.05) is 26.3 Å². The molecule has 1 amide bonds. The minimum atomic E-state index is -1.76. The molecule has 0 aromatic heterocycles. The highest BCUT2D eigenvalue weighted by Gasteiger charge is 2.44. The molecule has 35 heavy (non-hydrogen) atoms. The maximum atomic E-state index is 11.9. The summed E-state index contributed by atoms with van der Waals surface area (Å²) in [5.41, 5.74) is 5.39. The Hall–Kier alpha value is -3.17. The van der Waals surface area contributed by atoms with Crippen molar-refractivity contribution in [2.45, 2.75) is 25.7 Å². The molecule has 3 aromatic carbocycles. The van der Waals surface area contributed by atoms with Gasteiger partial charge in [0.05, 0.1) is 12.7 Å². The van der Waals surface area contributed by atoms with Crippen LogP contribution in [0.1, 0.15) is 25.7 Å². The van der Waals surface area contributed by atoms with Crippen molar-refractivity contribution in [3.05, 3.63) is 98.4 Å². The number of carbonyl (C=O) groups is 1. The van der Waals surface area contributed by atoms with Crippen LogP contribution in [0.4, 0.5) is 0 Å². The van der Waals surface area contributed by atoms with Crippen LogP contribution in [0.3, 0.4) is 0 Å². The van der Waals surface area contributed by atoms with Crippen molar-refractivity contribution in [1.29, 1.82) is 5.41 Å². The van der Waals surface area contributed by atoms with E-state index in [1.165, 1.54) is 20.8 Å². The van der Waals surface area contributed by atoms with Crippen molar-refractivity contribution in [3.8, 4) is 0 Å². The van der Waals surface area contributed by atoms with E-state index in [-0.39, 0.29) is 25.8 Å². The molecule has 0 radical (unpaired) electrons. The quantitative estimate of drug-likeness (QED) is 0.118. The maximum absolute atomic E-state index is 11.9. The van der Waals surface area contributed by atoms with Gasteiger partial charge in [-0.2, -0.15) is 0 Å². The number of hydrogen-bond donors (Lipinski definition) is 3. The topological polar surface area (TPSA) is 82.2 Å². The number of unbranched alkanes of at least 4 members (excludes halogenated alkanes) is 3. The van der Waals surface area contributed by atoms with Gasteiger partial charge in [-0.1, -0.05) is 61.0 Å². The van der Waals surface area contributed by atoms with E-state index in [9.17, 15) is 4.79 Å². The molecular formula is C29H39N4OP. The highest BCUT2D eigenvalue weighted by atomic mass is 31.2. The van der Waals surface area contributed by atoms with Gasteiger partial charge >= 0.3 is 0 Å². The first kappa shape index (κ1) is 28.1. The van der Waals surface area contributed by atoms with Crippen LogP contribution in [-0.2, 0) is 4.79 Å². The lowest BCUT2D eigenvalue weighted by Gasteiger charge is -2.27. The Morgan fingerprint density at radius 1 is 0.800 bits per heavy atom. The average Bonchev–Trinajstić information content (AvgIpc) is 2.87. The summed E-state index contributed by atoms with van der Waals surface area (Å²) in [6.07, 6.45) is 5.40. The Labute approximate surface area is 211 Å². The summed E-state index contributed by atoms with van der Waals surface area (Å²) in [7, 11) is -0.115. The zero-order valence-corrected chi connectivity index (χ0v) is 21.9. The Balaban J connectivity index is 0.00000432. The highest BCUT2D eigenvalue weighted by Crippen LogP contribution is 2.55. The monoisotopic (exact) mass is 490 g/mol. The first-order chi connectivity index (χ1) is 16.5. The van der Waals surface area contributed by atoms with Crippen molar-refractivity contribution in [1.82, 2.24) is 10.2 Å². The SMILES string of the molecule is CN(CC(=O)NCCCCCC[P+](c1ccccc1)(c1ccccc1)c1ccccc1)C(=N)N.[CH3-]. The zero-order valence-electron chi connectivity index (χ0n) is 21.0. The normalized spacial score (nSPS) is 10.8. The van der Waals surface area contributed by atoms with Gasteiger partial charge in [-0.25, -0.2) is 0 Å². The third-order valence-electron chi connectivity index (χ3n) is 6.13. The molecule has 0 aliphatic carbocycles. The Morgan fingerprint density at radius 3 is 1.66 bits per heavy atom. The lowest BCUT2D eigenvalue weighted by atomic mass is 10.2. The van der Waals surface area contributed by atoms with E-state index in [1.54, 1.807) is 7.05 Å². The molecule has 0 spiro atoms. The molecule has 0 fully saturated rings. The molecule has 6 heteroatoms. The van der Waals surface area contributed by atoms with Gasteiger partial charge in [0.1, 0.15) is 23.2 Å². The van der Waals surface area contributed by atoms with Crippen LogP contribution in [0.2, 0.25) is 0 Å². The average molecular weight is 491 g/mol. The van der Waals surface area contributed by atoms with E-state index >= 15 is 0 Å². The highest BCUT2D eigenvalue weighted by molar-refractivity contribution is 7.95.